The second kappa shape index (κ2) is 8.53. The van der Waals surface area contributed by atoms with Crippen LogP contribution >= 0.6 is 0 Å². The minimum absolute atomic E-state index is 0.225. The summed E-state index contributed by atoms with van der Waals surface area (Å²) in [6.07, 6.45) is 2.32. The van der Waals surface area contributed by atoms with Crippen molar-refractivity contribution in [1.29, 1.82) is 0 Å². The Morgan fingerprint density at radius 2 is 2.00 bits per heavy atom. The number of rotatable bonds is 6. The Bertz CT molecular complexity index is 530. The van der Waals surface area contributed by atoms with Gasteiger partial charge in [-0.2, -0.15) is 0 Å². The van der Waals surface area contributed by atoms with E-state index in [2.05, 4.69) is 22.5 Å². The molecule has 0 aromatic heterocycles. The van der Waals surface area contributed by atoms with Gasteiger partial charge < -0.3 is 15.4 Å². The number of benzene rings is 1. The molecule has 1 saturated heterocycles. The molecule has 1 heterocycles. The largest absolute Gasteiger partial charge is 0.462 e. The van der Waals surface area contributed by atoms with Crippen molar-refractivity contribution in [2.24, 2.45) is 0 Å². The van der Waals surface area contributed by atoms with E-state index < -0.39 is 0 Å². The van der Waals surface area contributed by atoms with Crippen LogP contribution in [0.15, 0.2) is 24.3 Å². The number of amides is 2. The zero-order chi connectivity index (χ0) is 16.7. The number of hydrogen-bond donors (Lipinski definition) is 2. The van der Waals surface area contributed by atoms with Gasteiger partial charge in [-0.05, 0) is 57.1 Å². The highest BCUT2D eigenvalue weighted by Crippen LogP contribution is 2.15. The van der Waals surface area contributed by atoms with Gasteiger partial charge in [-0.3, -0.25) is 4.90 Å². The van der Waals surface area contributed by atoms with Crippen LogP contribution < -0.4 is 10.6 Å². The number of nitrogens with zero attached hydrogens (tertiary/aromatic N) is 1. The molecule has 23 heavy (non-hydrogen) atoms. The lowest BCUT2D eigenvalue weighted by atomic mass is 10.2. The van der Waals surface area contributed by atoms with Crippen molar-refractivity contribution >= 4 is 17.7 Å². The molecule has 1 fully saturated rings. The Balaban J connectivity index is 1.80. The molecular weight excluding hydrogens is 294 g/mol. The van der Waals surface area contributed by atoms with E-state index in [4.69, 9.17) is 4.74 Å². The molecule has 2 rings (SSSR count). The lowest BCUT2D eigenvalue weighted by Gasteiger charge is -2.22. The first kappa shape index (κ1) is 17.3. The Kier molecular flexibility index (Phi) is 6.40. The lowest BCUT2D eigenvalue weighted by Crippen LogP contribution is -2.41. The van der Waals surface area contributed by atoms with E-state index in [1.165, 1.54) is 6.42 Å². The number of nitrogens with one attached hydrogen (secondary N) is 2. The minimum Gasteiger partial charge on any atom is -0.462 e. The summed E-state index contributed by atoms with van der Waals surface area (Å²) in [5.74, 6) is -0.357. The topological polar surface area (TPSA) is 70.7 Å². The van der Waals surface area contributed by atoms with Crippen molar-refractivity contribution in [3.8, 4) is 0 Å². The smallest absolute Gasteiger partial charge is 0.338 e. The van der Waals surface area contributed by atoms with Crippen LogP contribution in [-0.2, 0) is 4.74 Å². The van der Waals surface area contributed by atoms with E-state index in [9.17, 15) is 9.59 Å². The molecule has 1 aromatic carbocycles. The molecule has 0 bridgehead atoms. The van der Waals surface area contributed by atoms with Crippen molar-refractivity contribution < 1.29 is 14.3 Å². The SMILES string of the molecule is CCOC(=O)c1ccc(NC(=O)NCC2CCCN2CC)cc1. The van der Waals surface area contributed by atoms with Gasteiger partial charge in [0.25, 0.3) is 0 Å². The van der Waals surface area contributed by atoms with Crippen LogP contribution in [0.5, 0.6) is 0 Å². The number of likely N-dealkylation sites (tertiary alicyclic amines) is 1. The first-order valence-corrected chi connectivity index (χ1v) is 8.20. The Labute approximate surface area is 137 Å². The van der Waals surface area contributed by atoms with Crippen LogP contribution in [0.2, 0.25) is 0 Å². The van der Waals surface area contributed by atoms with Crippen LogP contribution in [0.3, 0.4) is 0 Å². The summed E-state index contributed by atoms with van der Waals surface area (Å²) in [7, 11) is 0. The molecule has 1 unspecified atom stereocenters. The van der Waals surface area contributed by atoms with Gasteiger partial charge in [0.2, 0.25) is 0 Å². The Morgan fingerprint density at radius 1 is 1.26 bits per heavy atom. The number of esters is 1. The number of likely N-dealkylation sites (N-methyl/N-ethyl adjacent to an activating group) is 1. The van der Waals surface area contributed by atoms with Gasteiger partial charge in [0, 0.05) is 18.3 Å². The Morgan fingerprint density at radius 3 is 2.65 bits per heavy atom. The molecule has 1 aromatic rings. The zero-order valence-electron chi connectivity index (χ0n) is 13.8. The number of anilines is 1. The van der Waals surface area contributed by atoms with Crippen LogP contribution in [0.4, 0.5) is 10.5 Å². The van der Waals surface area contributed by atoms with Gasteiger partial charge in [-0.25, -0.2) is 9.59 Å². The van der Waals surface area contributed by atoms with Gasteiger partial charge in [-0.15, -0.1) is 0 Å². The third kappa shape index (κ3) is 4.96. The second-order valence-electron chi connectivity index (χ2n) is 5.56. The standard InChI is InChI=1S/C17H25N3O3/c1-3-20-11-5-6-15(20)12-18-17(22)19-14-9-7-13(8-10-14)16(21)23-4-2/h7-10,15H,3-6,11-12H2,1-2H3,(H2,18,19,22). The number of carbonyl (C=O) groups is 2. The van der Waals surface area contributed by atoms with E-state index in [-0.39, 0.29) is 12.0 Å². The van der Waals surface area contributed by atoms with Crippen LogP contribution in [-0.4, -0.2) is 49.2 Å². The van der Waals surface area contributed by atoms with E-state index >= 15 is 0 Å². The Hall–Kier alpha value is -2.08. The van der Waals surface area contributed by atoms with Gasteiger partial charge in [-0.1, -0.05) is 6.92 Å². The lowest BCUT2D eigenvalue weighted by molar-refractivity contribution is 0.0526. The molecule has 126 valence electrons. The molecule has 1 atom stereocenters. The van der Waals surface area contributed by atoms with Crippen LogP contribution in [0, 0.1) is 0 Å². The maximum Gasteiger partial charge on any atom is 0.338 e. The number of hydrogen-bond acceptors (Lipinski definition) is 4. The highest BCUT2D eigenvalue weighted by atomic mass is 16.5. The van der Waals surface area contributed by atoms with Gasteiger partial charge in [0.15, 0.2) is 0 Å². The quantitative estimate of drug-likeness (QED) is 0.790. The zero-order valence-corrected chi connectivity index (χ0v) is 13.8. The summed E-state index contributed by atoms with van der Waals surface area (Å²) < 4.78 is 4.92. The predicted molar refractivity (Wildman–Crippen MR) is 89.7 cm³/mol. The third-order valence-electron chi connectivity index (χ3n) is 4.06. The molecule has 1 aliphatic heterocycles. The number of ether oxygens (including phenoxy) is 1. The summed E-state index contributed by atoms with van der Waals surface area (Å²) in [6.45, 7) is 7.03. The van der Waals surface area contributed by atoms with Gasteiger partial charge in [0.1, 0.15) is 0 Å². The summed E-state index contributed by atoms with van der Waals surface area (Å²) in [6, 6.07) is 6.88. The fourth-order valence-corrected chi connectivity index (χ4v) is 2.83. The summed E-state index contributed by atoms with van der Waals surface area (Å²) in [4.78, 5) is 25.9. The maximum atomic E-state index is 12.0. The normalized spacial score (nSPS) is 17.7. The average molecular weight is 319 g/mol. The predicted octanol–water partition coefficient (Wildman–Crippen LogP) is 2.47. The van der Waals surface area contributed by atoms with Gasteiger partial charge >= 0.3 is 12.0 Å². The summed E-state index contributed by atoms with van der Waals surface area (Å²) in [5, 5.41) is 5.69. The summed E-state index contributed by atoms with van der Waals surface area (Å²) in [5.41, 5.74) is 1.12. The number of carbonyl (C=O) groups excluding carboxylic acids is 2. The maximum absolute atomic E-state index is 12.0. The van der Waals surface area contributed by atoms with E-state index in [0.717, 1.165) is 19.5 Å². The fourth-order valence-electron chi connectivity index (χ4n) is 2.83. The molecule has 0 radical (unpaired) electrons. The first-order chi connectivity index (χ1) is 11.1. The number of urea groups is 1. The third-order valence-corrected chi connectivity index (χ3v) is 4.06. The van der Waals surface area contributed by atoms with E-state index in [1.54, 1.807) is 31.2 Å². The van der Waals surface area contributed by atoms with Crippen molar-refractivity contribution in [3.05, 3.63) is 29.8 Å². The molecule has 2 amide bonds. The van der Waals surface area contributed by atoms with Gasteiger partial charge in [0.05, 0.1) is 12.2 Å². The molecule has 2 N–H and O–H groups in total. The van der Waals surface area contributed by atoms with Crippen molar-refractivity contribution in [1.82, 2.24) is 10.2 Å². The molecule has 6 heteroatoms. The van der Waals surface area contributed by atoms with E-state index in [0.29, 0.717) is 30.4 Å². The molecule has 6 nitrogen and oxygen atoms in total. The second-order valence-corrected chi connectivity index (χ2v) is 5.56. The molecule has 0 spiro atoms. The molecule has 0 aliphatic carbocycles. The van der Waals surface area contributed by atoms with Crippen LogP contribution in [0.25, 0.3) is 0 Å². The van der Waals surface area contributed by atoms with E-state index in [1.807, 2.05) is 0 Å². The average Bonchev–Trinajstić information content (AvgIpc) is 3.01. The molecule has 1 aliphatic rings. The van der Waals surface area contributed by atoms with Crippen LogP contribution in [0.1, 0.15) is 37.0 Å². The minimum atomic E-state index is -0.357. The van der Waals surface area contributed by atoms with Crippen molar-refractivity contribution in [3.63, 3.8) is 0 Å². The highest BCUT2D eigenvalue weighted by molar-refractivity contribution is 5.92. The first-order valence-electron chi connectivity index (χ1n) is 8.20. The molecular formula is C17H25N3O3. The van der Waals surface area contributed by atoms with Crippen molar-refractivity contribution in [2.45, 2.75) is 32.7 Å². The summed E-state index contributed by atoms with van der Waals surface area (Å²) >= 11 is 0. The van der Waals surface area contributed by atoms with Crippen molar-refractivity contribution in [2.75, 3.05) is 31.6 Å². The molecule has 0 saturated carbocycles. The highest BCUT2D eigenvalue weighted by Gasteiger charge is 2.23. The monoisotopic (exact) mass is 319 g/mol. The fraction of sp³-hybridized carbons (Fsp3) is 0.529.